The molecule has 1 unspecified atom stereocenters. The van der Waals surface area contributed by atoms with Crippen molar-refractivity contribution in [2.45, 2.75) is 25.8 Å². The third-order valence-electron chi connectivity index (χ3n) is 4.04. The summed E-state index contributed by atoms with van der Waals surface area (Å²) in [5.74, 6) is -0.135. The Bertz CT molecular complexity index is 624. The average molecular weight is 317 g/mol. The average Bonchev–Trinajstić information content (AvgIpc) is 3.10. The number of urea groups is 1. The van der Waals surface area contributed by atoms with Crippen LogP contribution in [0.5, 0.6) is 5.75 Å². The summed E-state index contributed by atoms with van der Waals surface area (Å²) in [7, 11) is 0. The lowest BCUT2D eigenvalue weighted by Gasteiger charge is -2.16. The van der Waals surface area contributed by atoms with Gasteiger partial charge in [0.15, 0.2) is 0 Å². The van der Waals surface area contributed by atoms with Gasteiger partial charge in [-0.2, -0.15) is 0 Å². The molecule has 2 saturated heterocycles. The van der Waals surface area contributed by atoms with Crippen molar-refractivity contribution < 1.29 is 19.1 Å². The van der Waals surface area contributed by atoms with Crippen LogP contribution in [0.3, 0.4) is 0 Å². The number of nitrogens with one attached hydrogen (secondary N) is 1. The maximum Gasteiger partial charge on any atom is 0.327 e. The lowest BCUT2D eigenvalue weighted by Crippen LogP contribution is -2.39. The van der Waals surface area contributed by atoms with Crippen LogP contribution in [-0.2, 0) is 9.59 Å². The summed E-state index contributed by atoms with van der Waals surface area (Å²) in [4.78, 5) is 39.2. The maximum absolute atomic E-state index is 12.2. The number of fused-ring (bicyclic) bond motifs is 1. The highest BCUT2D eigenvalue weighted by atomic mass is 16.5. The van der Waals surface area contributed by atoms with Gasteiger partial charge in [-0.25, -0.2) is 4.79 Å². The first-order valence-electron chi connectivity index (χ1n) is 7.75. The van der Waals surface area contributed by atoms with E-state index >= 15 is 0 Å². The molecule has 7 heteroatoms. The van der Waals surface area contributed by atoms with Gasteiger partial charge in [0.2, 0.25) is 5.91 Å². The standard InChI is InChI=1S/C16H19N3O4/c1-2-23-13-8-4-3-6-11(13)17-14(20)10-19-15(21)12-7-5-9-18(12)16(19)22/h3-4,6,8,12H,2,5,7,9-10H2,1H3,(H,17,20). The molecule has 3 rings (SSSR count). The summed E-state index contributed by atoms with van der Waals surface area (Å²) in [6.07, 6.45) is 1.51. The van der Waals surface area contributed by atoms with E-state index in [1.807, 2.05) is 13.0 Å². The zero-order chi connectivity index (χ0) is 16.4. The highest BCUT2D eigenvalue weighted by Crippen LogP contribution is 2.28. The molecule has 1 aromatic carbocycles. The summed E-state index contributed by atoms with van der Waals surface area (Å²) >= 11 is 0. The van der Waals surface area contributed by atoms with E-state index in [-0.39, 0.29) is 24.5 Å². The van der Waals surface area contributed by atoms with Crippen molar-refractivity contribution in [3.63, 3.8) is 0 Å². The van der Waals surface area contributed by atoms with E-state index in [0.29, 0.717) is 31.0 Å². The second kappa shape index (κ2) is 6.28. The zero-order valence-corrected chi connectivity index (χ0v) is 12.9. The van der Waals surface area contributed by atoms with Crippen molar-refractivity contribution in [3.8, 4) is 5.75 Å². The van der Waals surface area contributed by atoms with Gasteiger partial charge >= 0.3 is 6.03 Å². The molecule has 0 spiro atoms. The van der Waals surface area contributed by atoms with Crippen LogP contribution in [0.4, 0.5) is 10.5 Å². The van der Waals surface area contributed by atoms with Gasteiger partial charge in [0, 0.05) is 6.54 Å². The minimum absolute atomic E-state index is 0.273. The molecule has 1 atom stereocenters. The van der Waals surface area contributed by atoms with Gasteiger partial charge in [-0.3, -0.25) is 14.5 Å². The lowest BCUT2D eigenvalue weighted by atomic mass is 10.2. The molecule has 122 valence electrons. The van der Waals surface area contributed by atoms with Gasteiger partial charge in [0.05, 0.1) is 12.3 Å². The molecular weight excluding hydrogens is 298 g/mol. The largest absolute Gasteiger partial charge is 0.492 e. The molecule has 1 aromatic rings. The normalized spacial score (nSPS) is 20.0. The lowest BCUT2D eigenvalue weighted by molar-refractivity contribution is -0.131. The van der Waals surface area contributed by atoms with Crippen LogP contribution in [0.1, 0.15) is 19.8 Å². The number of carbonyl (C=O) groups is 3. The van der Waals surface area contributed by atoms with Crippen molar-refractivity contribution in [3.05, 3.63) is 24.3 Å². The van der Waals surface area contributed by atoms with E-state index < -0.39 is 5.91 Å². The number of hydrogen-bond acceptors (Lipinski definition) is 4. The topological polar surface area (TPSA) is 79.0 Å². The first-order valence-corrected chi connectivity index (χ1v) is 7.75. The Balaban J connectivity index is 1.66. The molecule has 0 radical (unpaired) electrons. The van der Waals surface area contributed by atoms with E-state index in [0.717, 1.165) is 11.3 Å². The smallest absolute Gasteiger partial charge is 0.327 e. The SMILES string of the molecule is CCOc1ccccc1NC(=O)CN1C(=O)C2CCCN2C1=O. The van der Waals surface area contributed by atoms with Crippen LogP contribution < -0.4 is 10.1 Å². The third kappa shape index (κ3) is 2.86. The van der Waals surface area contributed by atoms with E-state index in [1.165, 1.54) is 0 Å². The quantitative estimate of drug-likeness (QED) is 0.834. The van der Waals surface area contributed by atoms with Crippen molar-refractivity contribution in [2.75, 3.05) is 25.0 Å². The molecule has 0 bridgehead atoms. The fourth-order valence-corrected chi connectivity index (χ4v) is 3.01. The van der Waals surface area contributed by atoms with Gasteiger partial charge in [-0.1, -0.05) is 12.1 Å². The second-order valence-corrected chi connectivity index (χ2v) is 5.54. The summed E-state index contributed by atoms with van der Waals surface area (Å²) in [5.41, 5.74) is 0.527. The first kappa shape index (κ1) is 15.3. The van der Waals surface area contributed by atoms with E-state index in [2.05, 4.69) is 5.32 Å². The highest BCUT2D eigenvalue weighted by Gasteiger charge is 2.47. The molecule has 1 N–H and O–H groups in total. The minimum Gasteiger partial charge on any atom is -0.492 e. The monoisotopic (exact) mass is 317 g/mol. The maximum atomic E-state index is 12.2. The van der Waals surface area contributed by atoms with Gasteiger partial charge in [-0.05, 0) is 31.9 Å². The van der Waals surface area contributed by atoms with Crippen LogP contribution in [0, 0.1) is 0 Å². The summed E-state index contributed by atoms with van der Waals surface area (Å²) in [5, 5.41) is 2.70. The molecule has 4 amide bonds. The van der Waals surface area contributed by atoms with Gasteiger partial charge in [-0.15, -0.1) is 0 Å². The third-order valence-corrected chi connectivity index (χ3v) is 4.04. The number of benzene rings is 1. The molecular formula is C16H19N3O4. The van der Waals surface area contributed by atoms with E-state index in [9.17, 15) is 14.4 Å². The number of amides is 4. The van der Waals surface area contributed by atoms with Crippen LogP contribution >= 0.6 is 0 Å². The van der Waals surface area contributed by atoms with Crippen molar-refractivity contribution in [1.82, 2.24) is 9.80 Å². The molecule has 7 nitrogen and oxygen atoms in total. The van der Waals surface area contributed by atoms with Crippen molar-refractivity contribution >= 4 is 23.5 Å². The number of nitrogens with zero attached hydrogens (tertiary/aromatic N) is 2. The molecule has 2 aliphatic rings. The van der Waals surface area contributed by atoms with Crippen LogP contribution in [0.15, 0.2) is 24.3 Å². The van der Waals surface area contributed by atoms with Crippen LogP contribution in [0.2, 0.25) is 0 Å². The second-order valence-electron chi connectivity index (χ2n) is 5.54. The summed E-state index contributed by atoms with van der Waals surface area (Å²) in [6, 6.07) is 6.30. The predicted octanol–water partition coefficient (Wildman–Crippen LogP) is 1.45. The Morgan fingerprint density at radius 3 is 2.87 bits per heavy atom. The molecule has 2 fully saturated rings. The number of anilines is 1. The Hall–Kier alpha value is -2.57. The molecule has 23 heavy (non-hydrogen) atoms. The molecule has 0 saturated carbocycles. The fourth-order valence-electron chi connectivity index (χ4n) is 3.01. The molecule has 2 heterocycles. The Morgan fingerprint density at radius 1 is 1.35 bits per heavy atom. The fraction of sp³-hybridized carbons (Fsp3) is 0.438. The van der Waals surface area contributed by atoms with Crippen molar-refractivity contribution in [1.29, 1.82) is 0 Å². The molecule has 2 aliphatic heterocycles. The van der Waals surface area contributed by atoms with Gasteiger partial charge in [0.25, 0.3) is 5.91 Å². The minimum atomic E-state index is -0.417. The van der Waals surface area contributed by atoms with E-state index in [1.54, 1.807) is 23.1 Å². The van der Waals surface area contributed by atoms with Crippen molar-refractivity contribution in [2.24, 2.45) is 0 Å². The van der Waals surface area contributed by atoms with Crippen LogP contribution in [0.25, 0.3) is 0 Å². The number of rotatable bonds is 5. The number of imide groups is 1. The Morgan fingerprint density at radius 2 is 2.13 bits per heavy atom. The van der Waals surface area contributed by atoms with Gasteiger partial charge < -0.3 is 15.0 Å². The molecule has 0 aliphatic carbocycles. The zero-order valence-electron chi connectivity index (χ0n) is 12.9. The summed E-state index contributed by atoms with van der Waals surface area (Å²) in [6.45, 7) is 2.64. The Labute approximate surface area is 134 Å². The number of ether oxygens (including phenoxy) is 1. The number of hydrogen-bond donors (Lipinski definition) is 1. The molecule has 0 aromatic heterocycles. The first-order chi connectivity index (χ1) is 11.1. The van der Waals surface area contributed by atoms with Crippen LogP contribution in [-0.4, -0.2) is 53.4 Å². The van der Waals surface area contributed by atoms with Gasteiger partial charge in [0.1, 0.15) is 18.3 Å². The number of para-hydroxylation sites is 2. The predicted molar refractivity (Wildman–Crippen MR) is 83.1 cm³/mol. The highest BCUT2D eigenvalue weighted by molar-refractivity contribution is 6.08. The van der Waals surface area contributed by atoms with E-state index in [4.69, 9.17) is 4.74 Å². The number of carbonyl (C=O) groups excluding carboxylic acids is 3. The Kier molecular flexibility index (Phi) is 4.18. The summed E-state index contributed by atoms with van der Waals surface area (Å²) < 4.78 is 5.44.